The van der Waals surface area contributed by atoms with Crippen molar-refractivity contribution < 1.29 is 39.0 Å². The molecule has 39 heavy (non-hydrogen) atoms. The van der Waals surface area contributed by atoms with Gasteiger partial charge >= 0.3 is 11.9 Å². The average molecular weight is 600 g/mol. The zero-order valence-corrected chi connectivity index (χ0v) is 22.5. The number of thiazole rings is 1. The number of nitrogens with one attached hydrogen (secondary N) is 2. The Bertz CT molecular complexity index is 1320. The topological polar surface area (TPSA) is 231 Å². The number of carboxylic acid groups (broad SMARTS) is 2. The first-order chi connectivity index (χ1) is 18.7. The van der Waals surface area contributed by atoms with Crippen molar-refractivity contribution in [2.75, 3.05) is 30.0 Å². The number of rotatable bonds is 13. The van der Waals surface area contributed by atoms with Gasteiger partial charge in [0.05, 0.1) is 0 Å². The molecule has 2 aliphatic heterocycles. The van der Waals surface area contributed by atoms with Gasteiger partial charge in [-0.05, 0) is 17.4 Å². The summed E-state index contributed by atoms with van der Waals surface area (Å²) in [6, 6.07) is -0.928. The molecule has 4 rings (SSSR count). The maximum absolute atomic E-state index is 13.0. The molecule has 208 valence electrons. The summed E-state index contributed by atoms with van der Waals surface area (Å²) in [6.45, 7) is 1.24. The fourth-order valence-electron chi connectivity index (χ4n) is 3.68. The molecule has 3 atom stereocenters. The van der Waals surface area contributed by atoms with Gasteiger partial charge in [-0.2, -0.15) is 0 Å². The van der Waals surface area contributed by atoms with Gasteiger partial charge in [0.25, 0.3) is 5.91 Å². The van der Waals surface area contributed by atoms with Gasteiger partial charge in [0.2, 0.25) is 17.5 Å². The zero-order valence-electron chi connectivity index (χ0n) is 20.0. The Labute approximate surface area is 231 Å². The van der Waals surface area contributed by atoms with Gasteiger partial charge in [-0.15, -0.1) is 28.2 Å². The van der Waals surface area contributed by atoms with Gasteiger partial charge in [-0.25, -0.2) is 9.67 Å². The van der Waals surface area contributed by atoms with Crippen LogP contribution in [0.4, 0.5) is 5.13 Å². The van der Waals surface area contributed by atoms with Crippen LogP contribution < -0.4 is 10.6 Å². The molecule has 0 aliphatic carbocycles. The van der Waals surface area contributed by atoms with Crippen molar-refractivity contribution >= 4 is 75.9 Å². The summed E-state index contributed by atoms with van der Waals surface area (Å²) >= 11 is 3.25. The van der Waals surface area contributed by atoms with Crippen molar-refractivity contribution in [3.05, 3.63) is 11.1 Å². The normalized spacial score (nSPS) is 22.4. The molecule has 4 N–H and O–H groups in total. The molecule has 0 radical (unpaired) electrons. The van der Waals surface area contributed by atoms with Crippen molar-refractivity contribution in [3.63, 3.8) is 0 Å². The Morgan fingerprint density at radius 2 is 2.18 bits per heavy atom. The second-order valence-electron chi connectivity index (χ2n) is 8.16. The molecule has 2 saturated heterocycles. The number of thioether (sulfide) groups is 2. The van der Waals surface area contributed by atoms with Crippen LogP contribution in [-0.4, -0.2) is 112 Å². The second-order valence-corrected chi connectivity index (χ2v) is 11.1. The highest BCUT2D eigenvalue weighted by atomic mass is 32.2. The molecule has 2 unspecified atom stereocenters. The largest absolute Gasteiger partial charge is 0.481 e. The number of hydrogen-bond acceptors (Lipinski definition) is 14. The SMILES string of the molecule is CCON=C(C(=O)NC1C(=O)N2CC(CSc3nnnn3CC(=O)O)(C(=O)O)CS[C@H]12)c1csc(NC=O)n1. The van der Waals surface area contributed by atoms with E-state index in [1.165, 1.54) is 22.0 Å². The van der Waals surface area contributed by atoms with Gasteiger partial charge in [0.15, 0.2) is 10.8 Å². The van der Waals surface area contributed by atoms with Crippen LogP contribution in [0.1, 0.15) is 12.6 Å². The molecular weight excluding hydrogens is 578 g/mol. The molecule has 2 aliphatic rings. The molecule has 0 aromatic carbocycles. The first-order valence-electron chi connectivity index (χ1n) is 11.1. The van der Waals surface area contributed by atoms with E-state index >= 15 is 0 Å². The number of oxime groups is 1. The summed E-state index contributed by atoms with van der Waals surface area (Å²) in [5.74, 6) is -3.38. The number of aliphatic carboxylic acids is 2. The fraction of sp³-hybridized carbons (Fsp3) is 0.474. The number of fused-ring (bicyclic) bond motifs is 1. The minimum Gasteiger partial charge on any atom is -0.481 e. The highest BCUT2D eigenvalue weighted by Gasteiger charge is 2.57. The van der Waals surface area contributed by atoms with Crippen LogP contribution in [-0.2, 0) is 35.4 Å². The fourth-order valence-corrected chi connectivity index (χ4v) is 7.07. The average Bonchev–Trinajstić information content (AvgIpc) is 3.55. The molecule has 2 aromatic rings. The number of anilines is 1. The number of carbonyl (C=O) groups excluding carboxylic acids is 3. The van der Waals surface area contributed by atoms with Crippen LogP contribution in [0.15, 0.2) is 15.7 Å². The van der Waals surface area contributed by atoms with E-state index in [1.54, 1.807) is 6.92 Å². The number of tetrazole rings is 1. The lowest BCUT2D eigenvalue weighted by Gasteiger charge is -2.53. The molecule has 2 aromatic heterocycles. The van der Waals surface area contributed by atoms with Crippen molar-refractivity contribution in [3.8, 4) is 0 Å². The number of nitrogens with zero attached hydrogens (tertiary/aromatic N) is 7. The second kappa shape index (κ2) is 11.9. The maximum atomic E-state index is 13.0. The Balaban J connectivity index is 1.42. The Hall–Kier alpha value is -3.78. The predicted molar refractivity (Wildman–Crippen MR) is 136 cm³/mol. The van der Waals surface area contributed by atoms with Crippen LogP contribution in [0.2, 0.25) is 0 Å². The molecule has 0 spiro atoms. The van der Waals surface area contributed by atoms with Crippen molar-refractivity contribution in [1.29, 1.82) is 0 Å². The van der Waals surface area contributed by atoms with Gasteiger partial charge in [0, 0.05) is 23.4 Å². The van der Waals surface area contributed by atoms with E-state index in [4.69, 9.17) is 9.94 Å². The van der Waals surface area contributed by atoms with Gasteiger partial charge in [0.1, 0.15) is 35.7 Å². The van der Waals surface area contributed by atoms with Crippen molar-refractivity contribution in [1.82, 2.24) is 35.4 Å². The Morgan fingerprint density at radius 3 is 2.87 bits per heavy atom. The Kier molecular flexibility index (Phi) is 8.65. The molecule has 0 bridgehead atoms. The quantitative estimate of drug-likeness (QED) is 0.0696. The molecule has 2 fully saturated rings. The van der Waals surface area contributed by atoms with Crippen molar-refractivity contribution in [2.45, 2.75) is 30.0 Å². The Morgan fingerprint density at radius 1 is 1.38 bits per heavy atom. The lowest BCUT2D eigenvalue weighted by Crippen LogP contribution is -2.74. The van der Waals surface area contributed by atoms with Gasteiger partial charge < -0.3 is 30.6 Å². The highest BCUT2D eigenvalue weighted by molar-refractivity contribution is 8.00. The first kappa shape index (κ1) is 28.2. The smallest absolute Gasteiger partial charge is 0.325 e. The first-order valence-corrected chi connectivity index (χ1v) is 14.0. The number of hydrogen-bond donors (Lipinski definition) is 4. The summed E-state index contributed by atoms with van der Waals surface area (Å²) in [7, 11) is 0. The molecular formula is C19H21N9O8S3. The predicted octanol–water partition coefficient (Wildman–Crippen LogP) is -1.21. The number of aromatic nitrogens is 5. The summed E-state index contributed by atoms with van der Waals surface area (Å²) in [5, 5.41) is 40.0. The van der Waals surface area contributed by atoms with E-state index in [9.17, 15) is 29.1 Å². The number of carboxylic acids is 2. The van der Waals surface area contributed by atoms with Crippen LogP contribution in [0.3, 0.4) is 0 Å². The van der Waals surface area contributed by atoms with Gasteiger partial charge in [-0.1, -0.05) is 16.9 Å². The molecule has 20 heteroatoms. The van der Waals surface area contributed by atoms with Crippen LogP contribution in [0.5, 0.6) is 0 Å². The summed E-state index contributed by atoms with van der Waals surface area (Å²) in [5.41, 5.74) is -1.41. The van der Waals surface area contributed by atoms with E-state index in [2.05, 4.69) is 36.3 Å². The van der Waals surface area contributed by atoms with Crippen LogP contribution in [0.25, 0.3) is 0 Å². The summed E-state index contributed by atoms with van der Waals surface area (Å²) in [4.78, 5) is 70.5. The third-order valence-corrected chi connectivity index (χ3v) is 9.18. The zero-order chi connectivity index (χ0) is 28.2. The molecule has 4 heterocycles. The third kappa shape index (κ3) is 5.96. The summed E-state index contributed by atoms with van der Waals surface area (Å²) in [6.07, 6.45) is 0.442. The van der Waals surface area contributed by atoms with E-state index in [-0.39, 0.29) is 46.4 Å². The van der Waals surface area contributed by atoms with Crippen LogP contribution in [0, 0.1) is 5.41 Å². The monoisotopic (exact) mass is 599 g/mol. The third-order valence-electron chi connectivity index (χ3n) is 5.58. The van der Waals surface area contributed by atoms with E-state index in [0.717, 1.165) is 27.8 Å². The molecule has 0 saturated carbocycles. The summed E-state index contributed by atoms with van der Waals surface area (Å²) < 4.78 is 1.05. The van der Waals surface area contributed by atoms with E-state index < -0.39 is 47.1 Å². The molecule has 3 amide bonds. The van der Waals surface area contributed by atoms with Gasteiger partial charge in [-0.3, -0.25) is 24.0 Å². The minimum atomic E-state index is -1.36. The van der Waals surface area contributed by atoms with Crippen LogP contribution >= 0.6 is 34.9 Å². The lowest BCUT2D eigenvalue weighted by molar-refractivity contribution is -0.157. The lowest BCUT2D eigenvalue weighted by atomic mass is 9.89. The minimum absolute atomic E-state index is 0.0189. The highest BCUT2D eigenvalue weighted by Crippen LogP contribution is 2.44. The van der Waals surface area contributed by atoms with E-state index in [1.807, 2.05) is 0 Å². The number of amides is 3. The van der Waals surface area contributed by atoms with Crippen molar-refractivity contribution in [2.24, 2.45) is 10.6 Å². The van der Waals surface area contributed by atoms with E-state index in [0.29, 0.717) is 6.41 Å². The maximum Gasteiger partial charge on any atom is 0.325 e. The number of carbonyl (C=O) groups is 5. The molecule has 17 nitrogen and oxygen atoms in total. The number of β-lactam (4-membered cyclic amide) rings is 1. The standard InChI is InChI=1S/C19H21N9O8S3/c1-2-36-24-11(9-4-37-17(21-9)20-8-29)13(32)22-12-14(33)27-5-19(16(34)35,6-38-15(12)27)7-39-18-23-25-26-28(18)3-10(30)31/h4,8,12,15H,2-3,5-7H2,1H3,(H,22,32)(H,30,31)(H,34,35)(H,20,21,29)/t12?,15-,19?/m1/s1.